The lowest BCUT2D eigenvalue weighted by molar-refractivity contribution is -0.143. The third-order valence-electron chi connectivity index (χ3n) is 2.18. The summed E-state index contributed by atoms with van der Waals surface area (Å²) in [5.74, 6) is 0. The number of nitrogens with zero attached hydrogens (tertiary/aromatic N) is 2. The van der Waals surface area contributed by atoms with Gasteiger partial charge in [0.25, 0.3) is 0 Å². The zero-order chi connectivity index (χ0) is 12.4. The molecule has 1 heterocycles. The summed E-state index contributed by atoms with van der Waals surface area (Å²) < 4.78 is 37.6. The molecule has 1 aromatic heterocycles. The van der Waals surface area contributed by atoms with Crippen molar-refractivity contribution in [2.75, 3.05) is 0 Å². The molecule has 0 unspecified atom stereocenters. The fraction of sp³-hybridized carbons (Fsp3) is 0.600. The minimum atomic E-state index is -4.42. The van der Waals surface area contributed by atoms with E-state index < -0.39 is 11.9 Å². The lowest BCUT2D eigenvalue weighted by atomic mass is 10.1. The van der Waals surface area contributed by atoms with E-state index in [4.69, 9.17) is 0 Å². The lowest BCUT2D eigenvalue weighted by Crippen LogP contribution is -2.16. The highest BCUT2D eigenvalue weighted by Gasteiger charge is 2.36. The fourth-order valence-electron chi connectivity index (χ4n) is 0.974. The number of rotatable bonds is 3. The van der Waals surface area contributed by atoms with Crippen LogP contribution in [-0.2, 0) is 6.18 Å². The van der Waals surface area contributed by atoms with E-state index in [0.717, 1.165) is 24.5 Å². The third-order valence-corrected chi connectivity index (χ3v) is 3.54. The van der Waals surface area contributed by atoms with Crippen LogP contribution in [-0.4, -0.2) is 14.7 Å². The number of hydrogen-bond acceptors (Lipinski definition) is 3. The Morgan fingerprint density at radius 3 is 2.44 bits per heavy atom. The molecule has 2 nitrogen and oxygen atoms in total. The van der Waals surface area contributed by atoms with E-state index in [1.54, 1.807) is 0 Å². The molecule has 90 valence electrons. The summed E-state index contributed by atoms with van der Waals surface area (Å²) in [5.41, 5.74) is -0.853. The second-order valence-electron chi connectivity index (χ2n) is 3.95. The van der Waals surface area contributed by atoms with Gasteiger partial charge in [0.2, 0.25) is 0 Å². The van der Waals surface area contributed by atoms with Crippen LogP contribution in [0.4, 0.5) is 13.2 Å². The summed E-state index contributed by atoms with van der Waals surface area (Å²) >= 11 is 1.15. The molecule has 0 bridgehead atoms. The van der Waals surface area contributed by atoms with Gasteiger partial charge < -0.3 is 0 Å². The Hall–Kier alpha value is -0.780. The summed E-state index contributed by atoms with van der Waals surface area (Å²) in [7, 11) is 0. The average Bonchev–Trinajstić information content (AvgIpc) is 2.16. The molecular formula is C10H13F3N2S. The van der Waals surface area contributed by atoms with Gasteiger partial charge in [-0.1, -0.05) is 20.8 Å². The number of alkyl halides is 3. The molecule has 16 heavy (non-hydrogen) atoms. The van der Waals surface area contributed by atoms with E-state index in [1.807, 2.05) is 20.8 Å². The van der Waals surface area contributed by atoms with E-state index in [-0.39, 0.29) is 9.64 Å². The van der Waals surface area contributed by atoms with Crippen LogP contribution in [0, 0.1) is 0 Å². The maximum absolute atomic E-state index is 12.6. The van der Waals surface area contributed by atoms with Crippen molar-refractivity contribution >= 4 is 11.8 Å². The van der Waals surface area contributed by atoms with Gasteiger partial charge >= 0.3 is 6.18 Å². The van der Waals surface area contributed by atoms with Crippen LogP contribution in [0.2, 0.25) is 0 Å². The number of aromatic nitrogens is 2. The molecule has 1 rings (SSSR count). The van der Waals surface area contributed by atoms with Crippen molar-refractivity contribution in [1.29, 1.82) is 0 Å². The molecule has 0 aromatic carbocycles. The van der Waals surface area contributed by atoms with Crippen molar-refractivity contribution in [3.8, 4) is 0 Å². The van der Waals surface area contributed by atoms with E-state index in [0.29, 0.717) is 0 Å². The first kappa shape index (κ1) is 13.3. The molecule has 0 aliphatic rings. The fourth-order valence-corrected chi connectivity index (χ4v) is 2.09. The van der Waals surface area contributed by atoms with Crippen LogP contribution in [0.3, 0.4) is 0 Å². The summed E-state index contributed by atoms with van der Waals surface area (Å²) in [6.45, 7) is 5.72. The van der Waals surface area contributed by atoms with E-state index in [2.05, 4.69) is 9.97 Å². The molecule has 0 N–H and O–H groups in total. The molecule has 0 aliphatic heterocycles. The van der Waals surface area contributed by atoms with Crippen LogP contribution in [0.5, 0.6) is 0 Å². The molecule has 0 aliphatic carbocycles. The number of thioether (sulfide) groups is 1. The van der Waals surface area contributed by atoms with Gasteiger partial charge in [0, 0.05) is 10.9 Å². The molecule has 0 spiro atoms. The number of halogens is 3. The van der Waals surface area contributed by atoms with Crippen molar-refractivity contribution in [3.05, 3.63) is 18.2 Å². The Balaban J connectivity index is 3.06. The Bertz CT molecular complexity index is 363. The van der Waals surface area contributed by atoms with Crippen molar-refractivity contribution in [1.82, 2.24) is 9.97 Å². The van der Waals surface area contributed by atoms with Gasteiger partial charge in [-0.2, -0.15) is 13.2 Å². The summed E-state index contributed by atoms with van der Waals surface area (Å²) in [6.07, 6.45) is -1.51. The topological polar surface area (TPSA) is 25.8 Å². The largest absolute Gasteiger partial charge is 0.434 e. The first-order chi connectivity index (χ1) is 7.26. The molecule has 0 fully saturated rings. The van der Waals surface area contributed by atoms with Gasteiger partial charge in [0.1, 0.15) is 6.33 Å². The zero-order valence-corrected chi connectivity index (χ0v) is 10.1. The van der Waals surface area contributed by atoms with Gasteiger partial charge in [0.15, 0.2) is 5.69 Å². The molecule has 0 radical (unpaired) electrons. The molecule has 0 saturated carbocycles. The van der Waals surface area contributed by atoms with Crippen molar-refractivity contribution in [2.24, 2.45) is 0 Å². The third kappa shape index (κ3) is 3.37. The second kappa shape index (κ2) is 4.61. The summed E-state index contributed by atoms with van der Waals surface area (Å²) in [4.78, 5) is 7.04. The van der Waals surface area contributed by atoms with Crippen molar-refractivity contribution < 1.29 is 13.2 Å². The van der Waals surface area contributed by atoms with Gasteiger partial charge in [0.05, 0.1) is 4.90 Å². The average molecular weight is 250 g/mol. The molecular weight excluding hydrogens is 237 g/mol. The maximum atomic E-state index is 12.6. The zero-order valence-electron chi connectivity index (χ0n) is 9.30. The van der Waals surface area contributed by atoms with Crippen LogP contribution in [0.25, 0.3) is 0 Å². The molecule has 0 atom stereocenters. The molecule has 0 amide bonds. The van der Waals surface area contributed by atoms with Crippen molar-refractivity contribution in [3.63, 3.8) is 0 Å². The van der Waals surface area contributed by atoms with Gasteiger partial charge in [-0.25, -0.2) is 9.97 Å². The first-order valence-corrected chi connectivity index (χ1v) is 5.64. The highest BCUT2D eigenvalue weighted by molar-refractivity contribution is 8.00. The molecule has 1 aromatic rings. The Morgan fingerprint density at radius 2 is 1.94 bits per heavy atom. The summed E-state index contributed by atoms with van der Waals surface area (Å²) in [6, 6.07) is 0. The van der Waals surface area contributed by atoms with Crippen LogP contribution >= 0.6 is 11.8 Å². The Kier molecular flexibility index (Phi) is 3.83. The first-order valence-electron chi connectivity index (χ1n) is 4.82. The smallest absolute Gasteiger partial charge is 0.244 e. The van der Waals surface area contributed by atoms with Crippen LogP contribution in [0.15, 0.2) is 17.4 Å². The predicted octanol–water partition coefficient (Wildman–Crippen LogP) is 3.78. The SMILES string of the molecule is CCC(C)(C)Sc1cncnc1C(F)(F)F. The lowest BCUT2D eigenvalue weighted by Gasteiger charge is -2.23. The van der Waals surface area contributed by atoms with Gasteiger partial charge in [-0.3, -0.25) is 0 Å². The maximum Gasteiger partial charge on any atom is 0.434 e. The quantitative estimate of drug-likeness (QED) is 0.763. The van der Waals surface area contributed by atoms with E-state index in [9.17, 15) is 13.2 Å². The monoisotopic (exact) mass is 250 g/mol. The van der Waals surface area contributed by atoms with E-state index in [1.165, 1.54) is 6.20 Å². The Labute approximate surface area is 96.7 Å². The van der Waals surface area contributed by atoms with Gasteiger partial charge in [-0.15, -0.1) is 11.8 Å². The highest BCUT2D eigenvalue weighted by atomic mass is 32.2. The predicted molar refractivity (Wildman–Crippen MR) is 57.3 cm³/mol. The number of hydrogen-bond donors (Lipinski definition) is 0. The molecule has 0 saturated heterocycles. The normalized spacial score (nSPS) is 12.9. The van der Waals surface area contributed by atoms with Crippen molar-refractivity contribution in [2.45, 2.75) is 43.0 Å². The minimum Gasteiger partial charge on any atom is -0.244 e. The van der Waals surface area contributed by atoms with E-state index >= 15 is 0 Å². The molecule has 6 heteroatoms. The highest BCUT2D eigenvalue weighted by Crippen LogP contribution is 2.40. The minimum absolute atomic E-state index is 0.0850. The van der Waals surface area contributed by atoms with Gasteiger partial charge in [-0.05, 0) is 6.42 Å². The second-order valence-corrected chi connectivity index (χ2v) is 5.70. The van der Waals surface area contributed by atoms with Crippen LogP contribution in [0.1, 0.15) is 32.9 Å². The Morgan fingerprint density at radius 1 is 1.31 bits per heavy atom. The van der Waals surface area contributed by atoms with Crippen LogP contribution < -0.4 is 0 Å². The summed E-state index contributed by atoms with van der Waals surface area (Å²) in [5, 5.41) is 0. The standard InChI is InChI=1S/C10H13F3N2S/c1-4-9(2,3)16-7-5-14-6-15-8(7)10(11,12)13/h5-6H,4H2,1-3H3.